The summed E-state index contributed by atoms with van der Waals surface area (Å²) in [5, 5.41) is 18.2. The number of aromatic nitrogens is 4. The topological polar surface area (TPSA) is 92.3 Å². The number of hydrogen-bond acceptors (Lipinski definition) is 4. The highest BCUT2D eigenvalue weighted by Crippen LogP contribution is 2.18. The average molecular weight is 383 g/mol. The van der Waals surface area contributed by atoms with Gasteiger partial charge < -0.3 is 4.57 Å². The third-order valence-electron chi connectivity index (χ3n) is 3.69. The van der Waals surface area contributed by atoms with Gasteiger partial charge in [0.2, 0.25) is 0 Å². The summed E-state index contributed by atoms with van der Waals surface area (Å²) < 4.78 is 5.21. The SMILES string of the molecule is Cn1c(Cn2cnc(C#N)c2C#N)c(Br)c(=O)n1-c1ccccc1. The number of para-hydroxylation sites is 1. The molecule has 0 saturated carbocycles. The summed E-state index contributed by atoms with van der Waals surface area (Å²) in [6, 6.07) is 13.1. The number of halogens is 1. The molecular formula is C16H11BrN6O. The monoisotopic (exact) mass is 382 g/mol. The van der Waals surface area contributed by atoms with Crippen molar-refractivity contribution in [2.45, 2.75) is 6.54 Å². The number of benzene rings is 1. The minimum atomic E-state index is -0.196. The van der Waals surface area contributed by atoms with Crippen LogP contribution in [0.2, 0.25) is 0 Å². The summed E-state index contributed by atoms with van der Waals surface area (Å²) >= 11 is 3.34. The smallest absolute Gasteiger partial charge is 0.286 e. The maximum atomic E-state index is 12.6. The van der Waals surface area contributed by atoms with Crippen LogP contribution in [0.5, 0.6) is 0 Å². The molecule has 24 heavy (non-hydrogen) atoms. The third-order valence-corrected chi connectivity index (χ3v) is 4.49. The second-order valence-corrected chi connectivity index (χ2v) is 5.82. The zero-order valence-corrected chi connectivity index (χ0v) is 14.2. The van der Waals surface area contributed by atoms with Crippen LogP contribution < -0.4 is 5.56 Å². The Morgan fingerprint density at radius 3 is 2.54 bits per heavy atom. The van der Waals surface area contributed by atoms with Crippen molar-refractivity contribution in [3.63, 3.8) is 0 Å². The van der Waals surface area contributed by atoms with Crippen molar-refractivity contribution in [3.8, 4) is 17.8 Å². The van der Waals surface area contributed by atoms with Gasteiger partial charge in [-0.2, -0.15) is 10.5 Å². The molecule has 3 aromatic rings. The van der Waals surface area contributed by atoms with Crippen LogP contribution in [-0.2, 0) is 13.6 Å². The normalized spacial score (nSPS) is 10.3. The molecular weight excluding hydrogens is 372 g/mol. The molecule has 8 heteroatoms. The van der Waals surface area contributed by atoms with Crippen molar-refractivity contribution < 1.29 is 0 Å². The minimum Gasteiger partial charge on any atom is -0.315 e. The molecule has 0 bridgehead atoms. The molecule has 0 N–H and O–H groups in total. The van der Waals surface area contributed by atoms with Gasteiger partial charge in [-0.15, -0.1) is 0 Å². The third kappa shape index (κ3) is 2.43. The number of hydrogen-bond donors (Lipinski definition) is 0. The van der Waals surface area contributed by atoms with E-state index < -0.39 is 0 Å². The fourth-order valence-electron chi connectivity index (χ4n) is 2.51. The Labute approximate surface area is 145 Å². The molecule has 0 fully saturated rings. The van der Waals surface area contributed by atoms with Crippen molar-refractivity contribution in [2.24, 2.45) is 7.05 Å². The molecule has 1 aromatic carbocycles. The first kappa shape index (κ1) is 15.8. The van der Waals surface area contributed by atoms with Crippen molar-refractivity contribution in [2.75, 3.05) is 0 Å². The van der Waals surface area contributed by atoms with Gasteiger partial charge in [0.05, 0.1) is 24.3 Å². The molecule has 7 nitrogen and oxygen atoms in total. The van der Waals surface area contributed by atoms with E-state index in [-0.39, 0.29) is 23.5 Å². The maximum Gasteiger partial charge on any atom is 0.286 e. The number of rotatable bonds is 3. The van der Waals surface area contributed by atoms with Gasteiger partial charge in [-0.1, -0.05) is 18.2 Å². The second-order valence-electron chi connectivity index (χ2n) is 5.03. The first-order chi connectivity index (χ1) is 11.6. The summed E-state index contributed by atoms with van der Waals surface area (Å²) in [5.41, 5.74) is 1.45. The first-order valence-electron chi connectivity index (χ1n) is 6.95. The molecule has 2 heterocycles. The van der Waals surface area contributed by atoms with Crippen molar-refractivity contribution >= 4 is 15.9 Å². The van der Waals surface area contributed by atoms with Crippen molar-refractivity contribution in [1.82, 2.24) is 18.9 Å². The fourth-order valence-corrected chi connectivity index (χ4v) is 3.06. The predicted octanol–water partition coefficient (Wildman–Crippen LogP) is 1.93. The number of nitrogens with zero attached hydrogens (tertiary/aromatic N) is 6. The molecule has 2 aromatic heterocycles. The average Bonchev–Trinajstić information content (AvgIpc) is 3.09. The molecule has 0 radical (unpaired) electrons. The zero-order valence-electron chi connectivity index (χ0n) is 12.6. The van der Waals surface area contributed by atoms with E-state index in [0.717, 1.165) is 5.69 Å². The highest BCUT2D eigenvalue weighted by Gasteiger charge is 2.19. The second kappa shape index (κ2) is 6.19. The van der Waals surface area contributed by atoms with Gasteiger partial charge in [-0.05, 0) is 28.1 Å². The molecule has 118 valence electrons. The molecule has 0 atom stereocenters. The molecule has 0 saturated heterocycles. The van der Waals surface area contributed by atoms with Crippen molar-refractivity contribution in [3.05, 3.63) is 68.6 Å². The van der Waals surface area contributed by atoms with Crippen LogP contribution in [0.1, 0.15) is 17.1 Å². The van der Waals surface area contributed by atoms with E-state index in [1.165, 1.54) is 11.0 Å². The molecule has 0 aliphatic rings. The Balaban J connectivity index is 2.12. The molecule has 0 aliphatic heterocycles. The summed E-state index contributed by atoms with van der Waals surface area (Å²) in [5.74, 6) is 0. The van der Waals surface area contributed by atoms with E-state index >= 15 is 0 Å². The van der Waals surface area contributed by atoms with Crippen LogP contribution in [-0.4, -0.2) is 18.9 Å². The lowest BCUT2D eigenvalue weighted by atomic mass is 10.3. The Morgan fingerprint density at radius 1 is 1.21 bits per heavy atom. The Hall–Kier alpha value is -3.10. The summed E-state index contributed by atoms with van der Waals surface area (Å²) in [4.78, 5) is 16.5. The van der Waals surface area contributed by atoms with Gasteiger partial charge in [0.15, 0.2) is 11.4 Å². The molecule has 0 unspecified atom stereocenters. The zero-order chi connectivity index (χ0) is 17.3. The van der Waals surface area contributed by atoms with Crippen LogP contribution in [0.3, 0.4) is 0 Å². The number of imidazole rings is 1. The van der Waals surface area contributed by atoms with Crippen LogP contribution >= 0.6 is 15.9 Å². The Kier molecular flexibility index (Phi) is 4.07. The summed E-state index contributed by atoms with van der Waals surface area (Å²) in [7, 11) is 1.77. The summed E-state index contributed by atoms with van der Waals surface area (Å²) in [6.07, 6.45) is 1.42. The van der Waals surface area contributed by atoms with Gasteiger partial charge >= 0.3 is 0 Å². The van der Waals surface area contributed by atoms with E-state index in [9.17, 15) is 10.1 Å². The van der Waals surface area contributed by atoms with E-state index in [1.807, 2.05) is 42.5 Å². The molecule has 0 amide bonds. The quantitative estimate of drug-likeness (QED) is 0.691. The van der Waals surface area contributed by atoms with Crippen molar-refractivity contribution in [1.29, 1.82) is 10.5 Å². The molecule has 0 spiro atoms. The Bertz CT molecular complexity index is 1050. The Morgan fingerprint density at radius 2 is 1.92 bits per heavy atom. The summed E-state index contributed by atoms with van der Waals surface area (Å²) in [6.45, 7) is 0.240. The maximum absolute atomic E-state index is 12.6. The van der Waals surface area contributed by atoms with Crippen LogP contribution in [0.25, 0.3) is 5.69 Å². The van der Waals surface area contributed by atoms with E-state index in [4.69, 9.17) is 5.26 Å². The molecule has 3 rings (SSSR count). The molecule has 0 aliphatic carbocycles. The van der Waals surface area contributed by atoms with Crippen LogP contribution in [0.15, 0.2) is 45.9 Å². The van der Waals surface area contributed by atoms with Gasteiger partial charge in [0.25, 0.3) is 5.56 Å². The van der Waals surface area contributed by atoms with E-state index in [1.54, 1.807) is 16.3 Å². The van der Waals surface area contributed by atoms with Gasteiger partial charge in [-0.3, -0.25) is 9.48 Å². The predicted molar refractivity (Wildman–Crippen MR) is 89.5 cm³/mol. The van der Waals surface area contributed by atoms with Crippen LogP contribution in [0, 0.1) is 22.7 Å². The van der Waals surface area contributed by atoms with Gasteiger partial charge in [-0.25, -0.2) is 9.67 Å². The van der Waals surface area contributed by atoms with E-state index in [0.29, 0.717) is 10.2 Å². The van der Waals surface area contributed by atoms with Crippen LogP contribution in [0.4, 0.5) is 0 Å². The minimum absolute atomic E-state index is 0.0705. The van der Waals surface area contributed by atoms with Gasteiger partial charge in [0, 0.05) is 7.05 Å². The lowest BCUT2D eigenvalue weighted by Crippen LogP contribution is -2.20. The first-order valence-corrected chi connectivity index (χ1v) is 7.75. The highest BCUT2D eigenvalue weighted by atomic mass is 79.9. The lowest BCUT2D eigenvalue weighted by molar-refractivity contribution is 0.595. The number of nitriles is 2. The van der Waals surface area contributed by atoms with Gasteiger partial charge in [0.1, 0.15) is 16.6 Å². The van der Waals surface area contributed by atoms with E-state index in [2.05, 4.69) is 20.9 Å². The standard InChI is InChI=1S/C16H11BrN6O/c1-21-14(9-22-10-20-12(7-18)13(22)8-19)15(17)16(24)23(21)11-5-3-2-4-6-11/h2-6,10H,9H2,1H3. The fraction of sp³-hybridized carbons (Fsp3) is 0.125. The highest BCUT2D eigenvalue weighted by molar-refractivity contribution is 9.10. The lowest BCUT2D eigenvalue weighted by Gasteiger charge is -2.10. The largest absolute Gasteiger partial charge is 0.315 e.